The molecule has 1 heterocycles. The maximum absolute atomic E-state index is 7.56. The second kappa shape index (κ2) is 4.34. The number of rotatable bonds is 2. The van der Waals surface area contributed by atoms with E-state index >= 15 is 0 Å². The molecule has 0 spiro atoms. The molecule has 0 bridgehead atoms. The predicted octanol–water partition coefficient (Wildman–Crippen LogP) is 1.20. The lowest BCUT2D eigenvalue weighted by Crippen LogP contribution is -2.28. The maximum Gasteiger partial charge on any atom is 0.132 e. The van der Waals surface area contributed by atoms with Crippen molar-refractivity contribution in [1.29, 1.82) is 10.8 Å². The van der Waals surface area contributed by atoms with E-state index in [0.717, 1.165) is 4.47 Å². The Kier molecular flexibility index (Phi) is 3.39. The van der Waals surface area contributed by atoms with Crippen LogP contribution in [-0.4, -0.2) is 24.1 Å². The van der Waals surface area contributed by atoms with Gasteiger partial charge in [0.25, 0.3) is 0 Å². The molecule has 2 N–H and O–H groups in total. The third-order valence-electron chi connectivity index (χ3n) is 1.48. The van der Waals surface area contributed by atoms with Crippen LogP contribution in [0.1, 0.15) is 0 Å². The van der Waals surface area contributed by atoms with Crippen LogP contribution < -0.4 is 5.49 Å². The Morgan fingerprint density at radius 2 is 2.31 bits per heavy atom. The lowest BCUT2D eigenvalue weighted by atomic mass is 10.4. The molecule has 1 aromatic rings. The first-order valence-corrected chi connectivity index (χ1v) is 4.44. The summed E-state index contributed by atoms with van der Waals surface area (Å²) in [6.07, 6.45) is 1.67. The fourth-order valence-corrected chi connectivity index (χ4v) is 1.24. The van der Waals surface area contributed by atoms with Gasteiger partial charge in [-0.2, -0.15) is 0 Å². The Hall–Kier alpha value is -0.940. The maximum atomic E-state index is 7.56. The van der Waals surface area contributed by atoms with Gasteiger partial charge in [0.1, 0.15) is 17.9 Å². The van der Waals surface area contributed by atoms with Crippen molar-refractivity contribution < 1.29 is 4.74 Å². The standard InChI is InChI=1S/C8H10BrN3O/c1-13-5-8(11)12-4-6(9)2-3-7(12)10/h2-4,10-11H,5H2,1H3. The number of ether oxygens (including phenoxy) is 1. The largest absolute Gasteiger partial charge is 0.377 e. The van der Waals surface area contributed by atoms with Gasteiger partial charge in [-0.1, -0.05) is 0 Å². The average molecular weight is 244 g/mol. The summed E-state index contributed by atoms with van der Waals surface area (Å²) in [6.45, 7) is 0.201. The molecular formula is C8H10BrN3O. The van der Waals surface area contributed by atoms with E-state index < -0.39 is 0 Å². The van der Waals surface area contributed by atoms with Crippen LogP contribution in [0.25, 0.3) is 0 Å². The number of pyridine rings is 1. The van der Waals surface area contributed by atoms with E-state index in [-0.39, 0.29) is 17.9 Å². The molecule has 13 heavy (non-hydrogen) atoms. The highest BCUT2D eigenvalue weighted by molar-refractivity contribution is 9.10. The van der Waals surface area contributed by atoms with E-state index in [9.17, 15) is 0 Å². The van der Waals surface area contributed by atoms with Crippen LogP contribution in [0.4, 0.5) is 0 Å². The van der Waals surface area contributed by atoms with Crippen molar-refractivity contribution in [1.82, 2.24) is 4.57 Å². The number of nitrogens with one attached hydrogen (secondary N) is 2. The molecule has 1 aromatic heterocycles. The Balaban J connectivity index is 3.06. The van der Waals surface area contributed by atoms with E-state index in [2.05, 4.69) is 15.9 Å². The van der Waals surface area contributed by atoms with Crippen LogP contribution in [0.2, 0.25) is 0 Å². The van der Waals surface area contributed by atoms with Crippen LogP contribution in [0.3, 0.4) is 0 Å². The number of nitrogens with zero attached hydrogens (tertiary/aromatic N) is 1. The Morgan fingerprint density at radius 1 is 1.62 bits per heavy atom. The smallest absolute Gasteiger partial charge is 0.132 e. The lowest BCUT2D eigenvalue weighted by Gasteiger charge is -2.07. The topological polar surface area (TPSA) is 61.9 Å². The number of aromatic nitrogens is 1. The summed E-state index contributed by atoms with van der Waals surface area (Å²) in [4.78, 5) is 0. The Bertz CT molecular complexity index is 372. The summed E-state index contributed by atoms with van der Waals surface area (Å²) in [5, 5.41) is 15.1. The molecule has 4 nitrogen and oxygen atoms in total. The molecular weight excluding hydrogens is 234 g/mol. The van der Waals surface area contributed by atoms with Crippen molar-refractivity contribution in [3.63, 3.8) is 0 Å². The molecule has 0 radical (unpaired) electrons. The fraction of sp³-hybridized carbons (Fsp3) is 0.250. The third-order valence-corrected chi connectivity index (χ3v) is 1.95. The Morgan fingerprint density at radius 3 is 2.92 bits per heavy atom. The van der Waals surface area contributed by atoms with Crippen molar-refractivity contribution in [3.05, 3.63) is 28.3 Å². The molecule has 0 aliphatic carbocycles. The first kappa shape index (κ1) is 10.1. The van der Waals surface area contributed by atoms with Gasteiger partial charge in [-0.3, -0.25) is 15.4 Å². The predicted molar refractivity (Wildman–Crippen MR) is 53.0 cm³/mol. The SMILES string of the molecule is COCC(=N)n1cc(Br)ccc1=N. The zero-order valence-electron chi connectivity index (χ0n) is 7.17. The van der Waals surface area contributed by atoms with Crippen LogP contribution in [0.15, 0.2) is 22.8 Å². The van der Waals surface area contributed by atoms with Crippen molar-refractivity contribution >= 4 is 21.8 Å². The summed E-state index contributed by atoms with van der Waals surface area (Å²) < 4.78 is 7.10. The Labute approximate surface area is 84.3 Å². The lowest BCUT2D eigenvalue weighted by molar-refractivity contribution is 0.242. The second-order valence-electron chi connectivity index (χ2n) is 2.48. The summed E-state index contributed by atoms with van der Waals surface area (Å²) in [5.74, 6) is 0.244. The van der Waals surface area contributed by atoms with Gasteiger partial charge in [0.15, 0.2) is 0 Å². The van der Waals surface area contributed by atoms with E-state index in [1.807, 2.05) is 0 Å². The van der Waals surface area contributed by atoms with Gasteiger partial charge in [-0.05, 0) is 28.1 Å². The van der Waals surface area contributed by atoms with Gasteiger partial charge in [0.05, 0.1) is 0 Å². The number of hydrogen-bond donors (Lipinski definition) is 2. The first-order chi connectivity index (χ1) is 6.15. The highest BCUT2D eigenvalue weighted by Crippen LogP contribution is 2.04. The molecule has 0 unspecified atom stereocenters. The minimum atomic E-state index is 0.201. The van der Waals surface area contributed by atoms with E-state index in [4.69, 9.17) is 15.6 Å². The minimum absolute atomic E-state index is 0.201. The van der Waals surface area contributed by atoms with Crippen molar-refractivity contribution in [2.75, 3.05) is 13.7 Å². The molecule has 70 valence electrons. The van der Waals surface area contributed by atoms with E-state index in [1.54, 1.807) is 18.3 Å². The third kappa shape index (κ3) is 2.50. The van der Waals surface area contributed by atoms with Crippen LogP contribution in [0, 0.1) is 10.8 Å². The van der Waals surface area contributed by atoms with Gasteiger partial charge >= 0.3 is 0 Å². The van der Waals surface area contributed by atoms with Crippen LogP contribution >= 0.6 is 15.9 Å². The van der Waals surface area contributed by atoms with Crippen LogP contribution in [0.5, 0.6) is 0 Å². The quantitative estimate of drug-likeness (QED) is 0.596. The van der Waals surface area contributed by atoms with Gasteiger partial charge in [-0.25, -0.2) is 0 Å². The normalized spacial score (nSPS) is 10.0. The number of methoxy groups -OCH3 is 1. The molecule has 0 saturated carbocycles. The highest BCUT2D eigenvalue weighted by Gasteiger charge is 2.00. The molecule has 0 saturated heterocycles. The number of hydrogen-bond acceptors (Lipinski definition) is 3. The summed E-state index contributed by atoms with van der Waals surface area (Å²) >= 11 is 3.27. The van der Waals surface area contributed by atoms with Gasteiger partial charge in [0, 0.05) is 17.8 Å². The van der Waals surface area contributed by atoms with E-state index in [0.29, 0.717) is 0 Å². The molecule has 0 atom stereocenters. The molecule has 0 aliphatic rings. The molecule has 5 heteroatoms. The van der Waals surface area contributed by atoms with Crippen molar-refractivity contribution in [2.24, 2.45) is 0 Å². The zero-order valence-corrected chi connectivity index (χ0v) is 8.76. The molecule has 1 rings (SSSR count). The summed E-state index contributed by atoms with van der Waals surface area (Å²) in [5.41, 5.74) is 0.269. The van der Waals surface area contributed by atoms with Gasteiger partial charge in [0.2, 0.25) is 0 Å². The van der Waals surface area contributed by atoms with Gasteiger partial charge < -0.3 is 4.74 Å². The monoisotopic (exact) mass is 243 g/mol. The second-order valence-corrected chi connectivity index (χ2v) is 3.40. The summed E-state index contributed by atoms with van der Waals surface area (Å²) in [7, 11) is 1.52. The fourth-order valence-electron chi connectivity index (χ4n) is 0.904. The molecule has 0 amide bonds. The van der Waals surface area contributed by atoms with Crippen molar-refractivity contribution in [3.8, 4) is 0 Å². The minimum Gasteiger partial charge on any atom is -0.377 e. The highest BCUT2D eigenvalue weighted by atomic mass is 79.9. The zero-order chi connectivity index (χ0) is 9.84. The number of halogens is 1. The average Bonchev–Trinajstić information content (AvgIpc) is 2.09. The molecule has 0 aromatic carbocycles. The molecule has 0 aliphatic heterocycles. The molecule has 0 fully saturated rings. The van der Waals surface area contributed by atoms with Gasteiger partial charge in [-0.15, -0.1) is 0 Å². The van der Waals surface area contributed by atoms with Crippen molar-refractivity contribution in [2.45, 2.75) is 0 Å². The van der Waals surface area contributed by atoms with E-state index in [1.165, 1.54) is 11.7 Å². The summed E-state index contributed by atoms with van der Waals surface area (Å²) in [6, 6.07) is 3.38. The van der Waals surface area contributed by atoms with Crippen LogP contribution in [-0.2, 0) is 4.74 Å². The first-order valence-electron chi connectivity index (χ1n) is 3.64.